The van der Waals surface area contributed by atoms with Crippen LogP contribution < -0.4 is 19.1 Å². The van der Waals surface area contributed by atoms with E-state index in [0.29, 0.717) is 27.9 Å². The van der Waals surface area contributed by atoms with E-state index < -0.39 is 22.5 Å². The van der Waals surface area contributed by atoms with E-state index >= 15 is 0 Å². The van der Waals surface area contributed by atoms with Crippen molar-refractivity contribution in [2.75, 3.05) is 36.6 Å². The number of hydrogen-bond acceptors (Lipinski definition) is 5. The van der Waals surface area contributed by atoms with Crippen molar-refractivity contribution in [1.82, 2.24) is 0 Å². The third-order valence-corrected chi connectivity index (χ3v) is 4.84. The molecule has 9 heteroatoms. The highest BCUT2D eigenvalue weighted by atomic mass is 35.5. The summed E-state index contributed by atoms with van der Waals surface area (Å²) in [6.07, 6.45) is 1.02. The minimum Gasteiger partial charge on any atom is -0.497 e. The molecule has 0 aliphatic carbocycles. The van der Waals surface area contributed by atoms with Crippen molar-refractivity contribution in [1.29, 1.82) is 0 Å². The number of carbonyl (C=O) groups excluding carboxylic acids is 1. The molecule has 0 fully saturated rings. The Balaban J connectivity index is 2.26. The van der Waals surface area contributed by atoms with Gasteiger partial charge in [-0.1, -0.05) is 17.7 Å². The minimum atomic E-state index is -3.69. The summed E-state index contributed by atoms with van der Waals surface area (Å²) < 4.78 is 35.5. The first-order valence-corrected chi connectivity index (χ1v) is 9.72. The summed E-state index contributed by atoms with van der Waals surface area (Å²) in [5, 5.41) is 3.01. The number of ether oxygens (including phenoxy) is 2. The van der Waals surface area contributed by atoms with E-state index in [4.69, 9.17) is 21.1 Å². The molecule has 0 saturated carbocycles. The maximum atomic E-state index is 12.4. The normalized spacial score (nSPS) is 10.9. The van der Waals surface area contributed by atoms with Crippen LogP contribution in [-0.2, 0) is 14.8 Å². The molecule has 2 aromatic carbocycles. The molecule has 1 N–H and O–H groups in total. The maximum Gasteiger partial charge on any atom is 0.245 e. The summed E-state index contributed by atoms with van der Waals surface area (Å²) in [6.45, 7) is -0.417. The average molecular weight is 399 g/mol. The van der Waals surface area contributed by atoms with Crippen LogP contribution >= 0.6 is 11.6 Å². The quantitative estimate of drug-likeness (QED) is 0.775. The van der Waals surface area contributed by atoms with Gasteiger partial charge in [0.25, 0.3) is 0 Å². The van der Waals surface area contributed by atoms with Crippen LogP contribution in [0.15, 0.2) is 42.5 Å². The van der Waals surface area contributed by atoms with Crippen molar-refractivity contribution < 1.29 is 22.7 Å². The topological polar surface area (TPSA) is 84.9 Å². The van der Waals surface area contributed by atoms with Crippen LogP contribution in [0.2, 0.25) is 5.02 Å². The minimum absolute atomic E-state index is 0.299. The Labute approximate surface area is 157 Å². The van der Waals surface area contributed by atoms with Crippen molar-refractivity contribution in [2.45, 2.75) is 0 Å². The van der Waals surface area contributed by atoms with Gasteiger partial charge in [-0.2, -0.15) is 0 Å². The van der Waals surface area contributed by atoms with Crippen LogP contribution in [-0.4, -0.2) is 41.3 Å². The van der Waals surface area contributed by atoms with E-state index in [0.717, 1.165) is 10.6 Å². The lowest BCUT2D eigenvalue weighted by atomic mass is 10.2. The molecule has 0 aromatic heterocycles. The van der Waals surface area contributed by atoms with Gasteiger partial charge in [-0.05, 0) is 30.3 Å². The molecule has 0 saturated heterocycles. The number of hydrogen-bond donors (Lipinski definition) is 1. The molecular weight excluding hydrogens is 380 g/mol. The zero-order valence-corrected chi connectivity index (χ0v) is 16.1. The fourth-order valence-corrected chi connectivity index (χ4v) is 3.30. The average Bonchev–Trinajstić information content (AvgIpc) is 2.58. The number of nitrogens with one attached hydrogen (secondary N) is 1. The summed E-state index contributed by atoms with van der Waals surface area (Å²) in [5.41, 5.74) is 0.671. The highest BCUT2D eigenvalue weighted by Gasteiger charge is 2.22. The number of benzene rings is 2. The van der Waals surface area contributed by atoms with E-state index in [-0.39, 0.29) is 0 Å². The fraction of sp³-hybridized carbons (Fsp3) is 0.235. The van der Waals surface area contributed by atoms with Crippen LogP contribution in [0.1, 0.15) is 0 Å². The second-order valence-electron chi connectivity index (χ2n) is 5.36. The third-order valence-electron chi connectivity index (χ3n) is 3.46. The standard InChI is InChI=1S/C17H19ClN2O5S/c1-24-14-7-8-16(25-2)15(10-14)19-17(21)11-20(26(3,22)23)13-6-4-5-12(18)9-13/h4-10H,11H2,1-3H3,(H,19,21). The van der Waals surface area contributed by atoms with Crippen molar-refractivity contribution in [3.63, 3.8) is 0 Å². The highest BCUT2D eigenvalue weighted by molar-refractivity contribution is 7.92. The molecule has 2 rings (SSSR count). The van der Waals surface area contributed by atoms with Crippen molar-refractivity contribution in [2.24, 2.45) is 0 Å². The zero-order chi connectivity index (χ0) is 19.3. The number of methoxy groups -OCH3 is 2. The van der Waals surface area contributed by atoms with E-state index in [9.17, 15) is 13.2 Å². The lowest BCUT2D eigenvalue weighted by molar-refractivity contribution is -0.114. The molecule has 0 aliphatic rings. The highest BCUT2D eigenvalue weighted by Crippen LogP contribution is 2.29. The molecule has 0 unspecified atom stereocenters. The summed E-state index contributed by atoms with van der Waals surface area (Å²) in [4.78, 5) is 12.4. The lowest BCUT2D eigenvalue weighted by Gasteiger charge is -2.22. The first kappa shape index (κ1) is 19.9. The van der Waals surface area contributed by atoms with Crippen LogP contribution in [0, 0.1) is 0 Å². The molecule has 0 bridgehead atoms. The summed E-state index contributed by atoms with van der Waals surface area (Å²) in [7, 11) is -0.730. The van der Waals surface area contributed by atoms with Gasteiger partial charge in [-0.15, -0.1) is 0 Å². The van der Waals surface area contributed by atoms with Gasteiger partial charge in [0.1, 0.15) is 18.0 Å². The van der Waals surface area contributed by atoms with E-state index in [2.05, 4.69) is 5.32 Å². The molecule has 1 amide bonds. The SMILES string of the molecule is COc1ccc(OC)c(NC(=O)CN(c2cccc(Cl)c2)S(C)(=O)=O)c1. The molecule has 2 aromatic rings. The number of sulfonamides is 1. The molecule has 0 heterocycles. The summed E-state index contributed by atoms with van der Waals surface area (Å²) >= 11 is 5.93. The Morgan fingerprint density at radius 1 is 1.15 bits per heavy atom. The predicted molar refractivity (Wildman–Crippen MR) is 102 cm³/mol. The number of amides is 1. The van der Waals surface area contributed by atoms with Crippen LogP contribution in [0.4, 0.5) is 11.4 Å². The fourth-order valence-electron chi connectivity index (χ4n) is 2.26. The first-order chi connectivity index (χ1) is 12.2. The van der Waals surface area contributed by atoms with E-state index in [1.807, 2.05) is 0 Å². The van der Waals surface area contributed by atoms with E-state index in [1.165, 1.54) is 20.3 Å². The molecule has 26 heavy (non-hydrogen) atoms. The number of rotatable bonds is 7. The van der Waals surface area contributed by atoms with Gasteiger partial charge in [-0.3, -0.25) is 9.10 Å². The van der Waals surface area contributed by atoms with Gasteiger partial charge in [0.2, 0.25) is 15.9 Å². The molecule has 0 radical (unpaired) electrons. The van der Waals surface area contributed by atoms with Crippen molar-refractivity contribution in [3.05, 3.63) is 47.5 Å². The van der Waals surface area contributed by atoms with E-state index in [1.54, 1.807) is 36.4 Å². The summed E-state index contributed by atoms with van der Waals surface area (Å²) in [6, 6.07) is 11.2. The number of halogens is 1. The largest absolute Gasteiger partial charge is 0.497 e. The Morgan fingerprint density at radius 2 is 1.88 bits per heavy atom. The molecule has 140 valence electrons. The lowest BCUT2D eigenvalue weighted by Crippen LogP contribution is -2.37. The Hall–Kier alpha value is -2.45. The molecule has 0 aliphatic heterocycles. The second-order valence-corrected chi connectivity index (χ2v) is 7.71. The Morgan fingerprint density at radius 3 is 2.46 bits per heavy atom. The monoisotopic (exact) mass is 398 g/mol. The van der Waals surface area contributed by atoms with Gasteiger partial charge in [0.15, 0.2) is 0 Å². The molecular formula is C17H19ClN2O5S. The van der Waals surface area contributed by atoms with Crippen molar-refractivity contribution in [3.8, 4) is 11.5 Å². The van der Waals surface area contributed by atoms with Gasteiger partial charge in [-0.25, -0.2) is 8.42 Å². The second kappa shape index (κ2) is 8.29. The first-order valence-electron chi connectivity index (χ1n) is 7.49. The maximum absolute atomic E-state index is 12.4. The van der Waals surface area contributed by atoms with Crippen LogP contribution in [0.3, 0.4) is 0 Å². The number of carbonyl (C=O) groups is 1. The molecule has 0 spiro atoms. The molecule has 7 nitrogen and oxygen atoms in total. The van der Waals surface area contributed by atoms with Gasteiger partial charge in [0, 0.05) is 11.1 Å². The van der Waals surface area contributed by atoms with Gasteiger partial charge in [0.05, 0.1) is 31.9 Å². The van der Waals surface area contributed by atoms with Crippen LogP contribution in [0.5, 0.6) is 11.5 Å². The Kier molecular flexibility index (Phi) is 6.33. The Bertz CT molecular complexity index is 902. The smallest absolute Gasteiger partial charge is 0.245 e. The molecule has 0 atom stereocenters. The third kappa shape index (κ3) is 5.03. The summed E-state index contributed by atoms with van der Waals surface area (Å²) in [5.74, 6) is 0.408. The van der Waals surface area contributed by atoms with Crippen molar-refractivity contribution >= 4 is 38.9 Å². The van der Waals surface area contributed by atoms with Gasteiger partial charge >= 0.3 is 0 Å². The number of nitrogens with zero attached hydrogens (tertiary/aromatic N) is 1. The van der Waals surface area contributed by atoms with Gasteiger partial charge < -0.3 is 14.8 Å². The number of anilines is 2. The zero-order valence-electron chi connectivity index (χ0n) is 14.5. The predicted octanol–water partition coefficient (Wildman–Crippen LogP) is 2.76. The van der Waals surface area contributed by atoms with Crippen LogP contribution in [0.25, 0.3) is 0 Å².